The maximum Gasteiger partial charge on any atom is 0.234 e. The molecule has 4 rings (SSSR count). The molecule has 28 heavy (non-hydrogen) atoms. The minimum absolute atomic E-state index is 0.0481. The van der Waals surface area contributed by atoms with E-state index in [2.05, 4.69) is 26.5 Å². The largest absolute Gasteiger partial charge is 0.493 e. The summed E-state index contributed by atoms with van der Waals surface area (Å²) < 4.78 is 7.10. The lowest BCUT2D eigenvalue weighted by Crippen LogP contribution is -2.39. The molecule has 0 aliphatic heterocycles. The van der Waals surface area contributed by atoms with Crippen molar-refractivity contribution >= 4 is 11.6 Å². The number of carbonyl (C=O) groups excluding carboxylic acids is 1. The van der Waals surface area contributed by atoms with Crippen molar-refractivity contribution < 1.29 is 9.53 Å². The minimum Gasteiger partial charge on any atom is -0.493 e. The SMILES string of the molecule is COc1ccc(-c2cncc(C#N)c2)n2nc(C3(C(=O)NC(C)C)CC3)nc12. The Morgan fingerprint density at radius 2 is 2.14 bits per heavy atom. The summed E-state index contributed by atoms with van der Waals surface area (Å²) in [6.45, 7) is 3.86. The summed E-state index contributed by atoms with van der Waals surface area (Å²) in [5.74, 6) is 1.000. The number of amides is 1. The van der Waals surface area contributed by atoms with E-state index in [-0.39, 0.29) is 11.9 Å². The van der Waals surface area contributed by atoms with Gasteiger partial charge in [0.2, 0.25) is 5.91 Å². The quantitative estimate of drug-likeness (QED) is 0.732. The van der Waals surface area contributed by atoms with Gasteiger partial charge in [-0.25, -0.2) is 9.50 Å². The van der Waals surface area contributed by atoms with E-state index in [1.54, 1.807) is 30.0 Å². The molecule has 1 aliphatic rings. The van der Waals surface area contributed by atoms with Crippen molar-refractivity contribution in [3.63, 3.8) is 0 Å². The number of methoxy groups -OCH3 is 1. The number of nitrogens with zero attached hydrogens (tertiary/aromatic N) is 5. The number of rotatable bonds is 5. The third kappa shape index (κ3) is 2.85. The number of hydrogen-bond donors (Lipinski definition) is 1. The summed E-state index contributed by atoms with van der Waals surface area (Å²) in [5, 5.41) is 16.8. The monoisotopic (exact) mass is 376 g/mol. The first-order valence-corrected chi connectivity index (χ1v) is 9.09. The third-order valence-corrected chi connectivity index (χ3v) is 4.86. The van der Waals surface area contributed by atoms with Gasteiger partial charge in [0.15, 0.2) is 17.2 Å². The predicted octanol–water partition coefficient (Wildman–Crippen LogP) is 2.23. The molecule has 0 atom stereocenters. The molecule has 3 aromatic rings. The Labute approximate surface area is 162 Å². The highest BCUT2D eigenvalue weighted by Crippen LogP contribution is 2.47. The van der Waals surface area contributed by atoms with E-state index in [1.807, 2.05) is 19.9 Å². The summed E-state index contributed by atoms with van der Waals surface area (Å²) in [6, 6.07) is 7.53. The first-order valence-electron chi connectivity index (χ1n) is 9.09. The van der Waals surface area contributed by atoms with Gasteiger partial charge < -0.3 is 10.1 Å². The zero-order chi connectivity index (χ0) is 19.9. The average Bonchev–Trinajstić information content (AvgIpc) is 3.39. The van der Waals surface area contributed by atoms with E-state index in [9.17, 15) is 4.79 Å². The number of pyridine rings is 2. The van der Waals surface area contributed by atoms with Crippen molar-refractivity contribution in [1.82, 2.24) is 24.9 Å². The minimum atomic E-state index is -0.689. The molecule has 0 spiro atoms. The fourth-order valence-electron chi connectivity index (χ4n) is 3.24. The van der Waals surface area contributed by atoms with Gasteiger partial charge >= 0.3 is 0 Å². The third-order valence-electron chi connectivity index (χ3n) is 4.86. The van der Waals surface area contributed by atoms with Gasteiger partial charge in [0.05, 0.1) is 18.4 Å². The second-order valence-corrected chi connectivity index (χ2v) is 7.24. The van der Waals surface area contributed by atoms with Crippen LogP contribution in [-0.4, -0.2) is 38.6 Å². The first-order chi connectivity index (χ1) is 13.5. The van der Waals surface area contributed by atoms with E-state index in [0.717, 1.165) is 11.3 Å². The summed E-state index contributed by atoms with van der Waals surface area (Å²) in [5.41, 5.74) is 1.75. The van der Waals surface area contributed by atoms with Gasteiger partial charge in [0.25, 0.3) is 0 Å². The van der Waals surface area contributed by atoms with Crippen LogP contribution in [0.25, 0.3) is 16.9 Å². The molecule has 3 heterocycles. The molecule has 0 radical (unpaired) electrons. The number of aromatic nitrogens is 4. The number of hydrogen-bond acceptors (Lipinski definition) is 6. The van der Waals surface area contributed by atoms with Gasteiger partial charge in [-0.2, -0.15) is 5.26 Å². The molecule has 0 saturated heterocycles. The first kappa shape index (κ1) is 17.9. The lowest BCUT2D eigenvalue weighted by atomic mass is 10.1. The molecular weight excluding hydrogens is 356 g/mol. The van der Waals surface area contributed by atoms with Crippen molar-refractivity contribution in [3.05, 3.63) is 42.0 Å². The Bertz CT molecular complexity index is 1110. The molecule has 1 N–H and O–H groups in total. The molecule has 3 aromatic heterocycles. The van der Waals surface area contributed by atoms with Crippen LogP contribution in [0, 0.1) is 11.3 Å². The van der Waals surface area contributed by atoms with Crippen LogP contribution < -0.4 is 10.1 Å². The Balaban J connectivity index is 1.86. The van der Waals surface area contributed by atoms with Gasteiger partial charge in [0, 0.05) is 24.0 Å². The second-order valence-electron chi connectivity index (χ2n) is 7.24. The lowest BCUT2D eigenvalue weighted by Gasteiger charge is -2.14. The Morgan fingerprint density at radius 3 is 2.79 bits per heavy atom. The molecule has 1 fully saturated rings. The Hall–Kier alpha value is -3.47. The van der Waals surface area contributed by atoms with E-state index < -0.39 is 5.41 Å². The summed E-state index contributed by atoms with van der Waals surface area (Å²) >= 11 is 0. The van der Waals surface area contributed by atoms with Gasteiger partial charge in [0.1, 0.15) is 11.5 Å². The average molecular weight is 376 g/mol. The van der Waals surface area contributed by atoms with Crippen molar-refractivity contribution in [2.45, 2.75) is 38.1 Å². The van der Waals surface area contributed by atoms with Crippen LogP contribution in [0.3, 0.4) is 0 Å². The van der Waals surface area contributed by atoms with Crippen LogP contribution in [0.15, 0.2) is 30.6 Å². The van der Waals surface area contributed by atoms with Gasteiger partial charge in [-0.15, -0.1) is 5.10 Å². The lowest BCUT2D eigenvalue weighted by molar-refractivity contribution is -0.124. The molecule has 0 bridgehead atoms. The number of ether oxygens (including phenoxy) is 1. The van der Waals surface area contributed by atoms with Crippen LogP contribution in [0.2, 0.25) is 0 Å². The molecule has 0 unspecified atom stereocenters. The van der Waals surface area contributed by atoms with Crippen LogP contribution in [0.1, 0.15) is 38.1 Å². The van der Waals surface area contributed by atoms with Crippen LogP contribution >= 0.6 is 0 Å². The fraction of sp³-hybridized carbons (Fsp3) is 0.350. The molecule has 1 aliphatic carbocycles. The van der Waals surface area contributed by atoms with Crippen molar-refractivity contribution in [3.8, 4) is 23.1 Å². The summed E-state index contributed by atoms with van der Waals surface area (Å²) in [7, 11) is 1.57. The fourth-order valence-corrected chi connectivity index (χ4v) is 3.24. The second kappa shape index (κ2) is 6.60. The van der Waals surface area contributed by atoms with E-state index in [4.69, 9.17) is 10.00 Å². The van der Waals surface area contributed by atoms with Crippen molar-refractivity contribution in [2.75, 3.05) is 7.11 Å². The maximum absolute atomic E-state index is 12.7. The van der Waals surface area contributed by atoms with Crippen LogP contribution in [-0.2, 0) is 10.2 Å². The summed E-state index contributed by atoms with van der Waals surface area (Å²) in [4.78, 5) is 21.5. The number of nitrogens with one attached hydrogen (secondary N) is 1. The highest BCUT2D eigenvalue weighted by molar-refractivity contribution is 5.90. The molecule has 0 aromatic carbocycles. The van der Waals surface area contributed by atoms with Gasteiger partial charge in [-0.05, 0) is 44.9 Å². The van der Waals surface area contributed by atoms with Crippen molar-refractivity contribution in [1.29, 1.82) is 5.26 Å². The molecule has 8 nitrogen and oxygen atoms in total. The number of fused-ring (bicyclic) bond motifs is 1. The topological polar surface area (TPSA) is 105 Å². The summed E-state index contributed by atoms with van der Waals surface area (Å²) in [6.07, 6.45) is 4.60. The van der Waals surface area contributed by atoms with E-state index in [1.165, 1.54) is 6.20 Å². The van der Waals surface area contributed by atoms with Crippen LogP contribution in [0.5, 0.6) is 5.75 Å². The highest BCUT2D eigenvalue weighted by atomic mass is 16.5. The molecule has 1 amide bonds. The van der Waals surface area contributed by atoms with Gasteiger partial charge in [-0.3, -0.25) is 9.78 Å². The standard InChI is InChI=1S/C20H20N6O2/c1-12(2)23-19(27)20(6-7-20)18-24-17-16(28-3)5-4-15(26(17)25-18)14-8-13(9-21)10-22-11-14/h4-5,8,10-12H,6-7H2,1-3H3,(H,23,27). The smallest absolute Gasteiger partial charge is 0.234 e. The Kier molecular flexibility index (Phi) is 4.23. The van der Waals surface area contributed by atoms with E-state index in [0.29, 0.717) is 35.6 Å². The normalized spacial score (nSPS) is 14.7. The highest BCUT2D eigenvalue weighted by Gasteiger charge is 2.55. The maximum atomic E-state index is 12.7. The van der Waals surface area contributed by atoms with Crippen molar-refractivity contribution in [2.24, 2.45) is 0 Å². The Morgan fingerprint density at radius 1 is 1.36 bits per heavy atom. The van der Waals surface area contributed by atoms with Crippen LogP contribution in [0.4, 0.5) is 0 Å². The van der Waals surface area contributed by atoms with E-state index >= 15 is 0 Å². The predicted molar refractivity (Wildman–Crippen MR) is 102 cm³/mol. The number of carbonyl (C=O) groups is 1. The number of nitriles is 1. The molecule has 142 valence electrons. The zero-order valence-electron chi connectivity index (χ0n) is 15.9. The molecule has 1 saturated carbocycles. The molecular formula is C20H20N6O2. The zero-order valence-corrected chi connectivity index (χ0v) is 15.9. The van der Waals surface area contributed by atoms with Gasteiger partial charge in [-0.1, -0.05) is 0 Å². The molecule has 8 heteroatoms.